The van der Waals surface area contributed by atoms with Crippen LogP contribution in [0.2, 0.25) is 0 Å². The molecule has 0 aliphatic rings. The summed E-state index contributed by atoms with van der Waals surface area (Å²) in [6, 6.07) is 17.6. The van der Waals surface area contributed by atoms with E-state index < -0.39 is 23.5 Å². The maximum absolute atomic E-state index is 13.5. The second kappa shape index (κ2) is 28.8. The number of halogens is 6. The Balaban J connectivity index is 0.000000450. The topological polar surface area (TPSA) is 48.1 Å². The van der Waals surface area contributed by atoms with Crippen LogP contribution in [0.3, 0.4) is 0 Å². The van der Waals surface area contributed by atoms with Crippen molar-refractivity contribution >= 4 is 5.91 Å². The van der Waals surface area contributed by atoms with Crippen molar-refractivity contribution in [2.24, 2.45) is 0 Å². The van der Waals surface area contributed by atoms with E-state index in [0.717, 1.165) is 120 Å². The third-order valence-electron chi connectivity index (χ3n) is 10.0. The molecule has 0 saturated carbocycles. The molecule has 0 atom stereocenters. The van der Waals surface area contributed by atoms with Crippen LogP contribution in [0.5, 0.6) is 5.75 Å². The number of carbonyl (C=O) groups excluding carboxylic acids is 1. The summed E-state index contributed by atoms with van der Waals surface area (Å²) in [5.41, 5.74) is 0.814. The van der Waals surface area contributed by atoms with Crippen molar-refractivity contribution in [3.05, 3.63) is 101 Å². The zero-order chi connectivity index (χ0) is 43.5. The number of hydrogen-bond acceptors (Lipinski definition) is 5. The number of alkyl halides is 6. The number of amides is 1. The van der Waals surface area contributed by atoms with Gasteiger partial charge in [-0.25, -0.2) is 0 Å². The van der Waals surface area contributed by atoms with E-state index in [1.54, 1.807) is 41.3 Å². The summed E-state index contributed by atoms with van der Waals surface area (Å²) in [5.74, 6) is 0.584. The van der Waals surface area contributed by atoms with Gasteiger partial charge in [0.1, 0.15) is 5.75 Å². The third-order valence-corrected chi connectivity index (χ3v) is 10.0. The summed E-state index contributed by atoms with van der Waals surface area (Å²) >= 11 is 0. The van der Waals surface area contributed by atoms with E-state index in [0.29, 0.717) is 30.8 Å². The van der Waals surface area contributed by atoms with E-state index in [4.69, 9.17) is 4.74 Å². The zero-order valence-corrected chi connectivity index (χ0v) is 36.2. The van der Waals surface area contributed by atoms with Gasteiger partial charge in [-0.15, -0.1) is 0 Å². The largest absolute Gasteiger partial charge is 0.494 e. The highest BCUT2D eigenvalue weighted by Gasteiger charge is 2.31. The average Bonchev–Trinajstić information content (AvgIpc) is 3.22. The van der Waals surface area contributed by atoms with Crippen LogP contribution in [-0.4, -0.2) is 79.6 Å². The summed E-state index contributed by atoms with van der Waals surface area (Å²) < 4.78 is 82.2. The molecule has 0 aliphatic carbocycles. The Kier molecular flexibility index (Phi) is 25.1. The summed E-state index contributed by atoms with van der Waals surface area (Å²) in [5, 5.41) is 3.32. The number of nitrogens with zero attached hydrogens (tertiary/aromatic N) is 3. The molecule has 0 bridgehead atoms. The van der Waals surface area contributed by atoms with Gasteiger partial charge in [0.25, 0.3) is 5.91 Å². The van der Waals surface area contributed by atoms with Crippen molar-refractivity contribution in [2.45, 2.75) is 124 Å². The van der Waals surface area contributed by atoms with Crippen LogP contribution in [0.15, 0.2) is 72.8 Å². The molecule has 6 nitrogen and oxygen atoms in total. The first kappa shape index (κ1) is 51.5. The first-order valence-electron chi connectivity index (χ1n) is 21.7. The van der Waals surface area contributed by atoms with E-state index in [2.05, 4.69) is 49.7 Å². The normalized spacial score (nSPS) is 11.8. The van der Waals surface area contributed by atoms with Crippen molar-refractivity contribution in [3.63, 3.8) is 0 Å². The third kappa shape index (κ3) is 21.5. The van der Waals surface area contributed by atoms with Gasteiger partial charge in [-0.1, -0.05) is 91.0 Å². The molecular weight excluding hydrogens is 767 g/mol. The number of hydrogen-bond donors (Lipinski definition) is 1. The van der Waals surface area contributed by atoms with Gasteiger partial charge in [-0.2, -0.15) is 26.3 Å². The van der Waals surface area contributed by atoms with Crippen LogP contribution in [0.1, 0.15) is 131 Å². The highest BCUT2D eigenvalue weighted by molar-refractivity contribution is 5.94. The number of benzene rings is 3. The van der Waals surface area contributed by atoms with Crippen molar-refractivity contribution < 1.29 is 35.9 Å². The van der Waals surface area contributed by atoms with Gasteiger partial charge in [0.2, 0.25) is 0 Å². The number of unbranched alkanes of at least 4 members (excludes halogenated alkanes) is 5. The lowest BCUT2D eigenvalue weighted by molar-refractivity contribution is -0.138. The number of carbonyl (C=O) groups is 1. The molecule has 0 aromatic heterocycles. The minimum Gasteiger partial charge on any atom is -0.494 e. The Bertz CT molecular complexity index is 1500. The van der Waals surface area contributed by atoms with Crippen LogP contribution in [0.25, 0.3) is 0 Å². The van der Waals surface area contributed by atoms with Crippen LogP contribution in [-0.2, 0) is 25.4 Å². The van der Waals surface area contributed by atoms with E-state index >= 15 is 0 Å². The fourth-order valence-electron chi connectivity index (χ4n) is 6.22. The molecule has 332 valence electrons. The summed E-state index contributed by atoms with van der Waals surface area (Å²) in [4.78, 5) is 20.1. The molecule has 0 saturated heterocycles. The smallest absolute Gasteiger partial charge is 0.416 e. The summed E-state index contributed by atoms with van der Waals surface area (Å²) in [7, 11) is 0. The van der Waals surface area contributed by atoms with E-state index in [1.165, 1.54) is 37.8 Å². The predicted octanol–water partition coefficient (Wildman–Crippen LogP) is 12.1. The molecule has 3 rings (SSSR count). The molecule has 3 aromatic carbocycles. The number of nitrogens with one attached hydrogen (secondary N) is 1. The first-order chi connectivity index (χ1) is 28.2. The van der Waals surface area contributed by atoms with E-state index in [9.17, 15) is 31.1 Å². The van der Waals surface area contributed by atoms with Crippen molar-refractivity contribution in [2.75, 3.05) is 59.0 Å². The standard InChI is InChI=1S/C29H41F3N2O2.C18H29F3N2/c1-4-7-18-33(19-8-5-2)20-21-34(23-24-10-14-26(15-11-24)29(30,31)32)28(35)25-12-16-27(17-13-25)36-22-9-6-3;1-3-5-12-23(13-6-4-2)14-11-22-15-16-7-9-17(10-8-16)18(19,20)21/h10-17H,4-9,18-23H2,1-3H3;7-10,22H,3-6,11-15H2,1-2H3. The minimum atomic E-state index is -4.38. The van der Waals surface area contributed by atoms with Gasteiger partial charge < -0.3 is 24.8 Å². The Labute approximate surface area is 350 Å². The lowest BCUT2D eigenvalue weighted by Crippen LogP contribution is -2.39. The second-order valence-electron chi connectivity index (χ2n) is 15.1. The van der Waals surface area contributed by atoms with E-state index in [-0.39, 0.29) is 12.5 Å². The minimum absolute atomic E-state index is 0.138. The Morgan fingerprint density at radius 3 is 1.42 bits per heavy atom. The van der Waals surface area contributed by atoms with Gasteiger partial charge in [0, 0.05) is 44.8 Å². The summed E-state index contributed by atoms with van der Waals surface area (Å²) in [6.07, 6.45) is 2.57. The molecule has 3 aromatic rings. The fourth-order valence-corrected chi connectivity index (χ4v) is 6.22. The molecule has 0 radical (unpaired) electrons. The monoisotopic (exact) mass is 837 g/mol. The Morgan fingerprint density at radius 1 is 0.542 bits per heavy atom. The van der Waals surface area contributed by atoms with E-state index in [1.807, 2.05) is 0 Å². The van der Waals surface area contributed by atoms with Crippen LogP contribution >= 0.6 is 0 Å². The van der Waals surface area contributed by atoms with Crippen LogP contribution in [0.4, 0.5) is 26.3 Å². The quantitative estimate of drug-likeness (QED) is 0.0612. The molecule has 59 heavy (non-hydrogen) atoms. The molecule has 0 heterocycles. The van der Waals surface area contributed by atoms with Crippen LogP contribution < -0.4 is 10.1 Å². The molecule has 1 amide bonds. The molecule has 0 unspecified atom stereocenters. The lowest BCUT2D eigenvalue weighted by atomic mass is 10.1. The average molecular weight is 837 g/mol. The summed E-state index contributed by atoms with van der Waals surface area (Å²) in [6.45, 7) is 19.6. The van der Waals surface area contributed by atoms with Gasteiger partial charge >= 0.3 is 12.4 Å². The molecule has 0 fully saturated rings. The van der Waals surface area contributed by atoms with Gasteiger partial charge in [-0.3, -0.25) is 4.79 Å². The molecular formula is C47H70F6N4O2. The van der Waals surface area contributed by atoms with Crippen LogP contribution in [0, 0.1) is 0 Å². The molecule has 12 heteroatoms. The molecule has 0 spiro atoms. The zero-order valence-electron chi connectivity index (χ0n) is 36.2. The van der Waals surface area contributed by atoms with Gasteiger partial charge in [-0.05, 0) is 118 Å². The van der Waals surface area contributed by atoms with Crippen molar-refractivity contribution in [1.29, 1.82) is 0 Å². The highest BCUT2D eigenvalue weighted by Crippen LogP contribution is 2.30. The predicted molar refractivity (Wildman–Crippen MR) is 229 cm³/mol. The van der Waals surface area contributed by atoms with Gasteiger partial charge in [0.05, 0.1) is 17.7 Å². The molecule has 0 aliphatic heterocycles. The fraction of sp³-hybridized carbons (Fsp3) is 0.596. The number of rotatable bonds is 27. The Hall–Kier alpha value is -3.61. The SMILES string of the molecule is CCCCN(CCCC)CCNCc1ccc(C(F)(F)F)cc1.CCCCOc1ccc(C(=O)N(CCN(CCCC)CCCC)Cc2ccc(C(F)(F)F)cc2)cc1. The Morgan fingerprint density at radius 2 is 0.983 bits per heavy atom. The lowest BCUT2D eigenvalue weighted by Gasteiger charge is -2.28. The highest BCUT2D eigenvalue weighted by atomic mass is 19.4. The van der Waals surface area contributed by atoms with Crippen molar-refractivity contribution in [3.8, 4) is 5.75 Å². The van der Waals surface area contributed by atoms with Gasteiger partial charge in [0.15, 0.2) is 0 Å². The van der Waals surface area contributed by atoms with Crippen molar-refractivity contribution in [1.82, 2.24) is 20.0 Å². The maximum Gasteiger partial charge on any atom is 0.416 e. The maximum atomic E-state index is 13.5. The molecule has 1 N–H and O–H groups in total. The second-order valence-corrected chi connectivity index (χ2v) is 15.1. The number of ether oxygens (including phenoxy) is 1. The first-order valence-corrected chi connectivity index (χ1v) is 21.7.